The molecular weight excluding hydrogens is 254 g/mol. The number of hydrogen-bond acceptors (Lipinski definition) is 3. The third kappa shape index (κ3) is 3.71. The van der Waals surface area contributed by atoms with Crippen molar-refractivity contribution in [3.8, 4) is 5.75 Å². The average molecular weight is 277 g/mol. The fourth-order valence-corrected chi connectivity index (χ4v) is 2.98. The Balaban J connectivity index is 2.24. The number of rotatable bonds is 4. The number of hydrogen-bond donors (Lipinski definition) is 1. The van der Waals surface area contributed by atoms with E-state index in [0.717, 1.165) is 43.4 Å². The van der Waals surface area contributed by atoms with Crippen molar-refractivity contribution in [2.75, 3.05) is 0 Å². The van der Waals surface area contributed by atoms with E-state index in [2.05, 4.69) is 4.98 Å². The smallest absolute Gasteiger partial charge is 0.307 e. The van der Waals surface area contributed by atoms with Crippen molar-refractivity contribution in [1.82, 2.24) is 4.98 Å². The molecule has 1 fully saturated rings. The van der Waals surface area contributed by atoms with Gasteiger partial charge in [0, 0.05) is 6.20 Å². The molecule has 2 rings (SSSR count). The Morgan fingerprint density at radius 1 is 1.30 bits per heavy atom. The van der Waals surface area contributed by atoms with E-state index < -0.39 is 5.97 Å². The Hall–Kier alpha value is -1.58. The maximum atomic E-state index is 11.5. The first-order valence-corrected chi connectivity index (χ1v) is 7.42. The van der Waals surface area contributed by atoms with Crippen molar-refractivity contribution < 1.29 is 14.6 Å². The number of nitrogens with zero attached hydrogens (tertiary/aromatic N) is 1. The molecule has 4 heteroatoms. The summed E-state index contributed by atoms with van der Waals surface area (Å²) in [7, 11) is 0. The molecule has 0 aliphatic heterocycles. The van der Waals surface area contributed by atoms with Gasteiger partial charge in [-0.05, 0) is 44.2 Å². The zero-order chi connectivity index (χ0) is 14.5. The van der Waals surface area contributed by atoms with Crippen LogP contribution in [-0.2, 0) is 4.79 Å². The predicted octanol–water partition coefficient (Wildman–Crippen LogP) is 3.62. The molecule has 110 valence electrons. The van der Waals surface area contributed by atoms with Crippen molar-refractivity contribution >= 4 is 5.97 Å². The molecule has 4 nitrogen and oxygen atoms in total. The molecular formula is C16H23NO3. The van der Waals surface area contributed by atoms with Crippen molar-refractivity contribution in [1.29, 1.82) is 0 Å². The molecule has 2 atom stereocenters. The third-order valence-corrected chi connectivity index (χ3v) is 3.87. The van der Waals surface area contributed by atoms with Gasteiger partial charge in [-0.3, -0.25) is 9.78 Å². The Kier molecular flexibility index (Phi) is 4.99. The van der Waals surface area contributed by atoms with Gasteiger partial charge in [0.2, 0.25) is 0 Å². The van der Waals surface area contributed by atoms with Crippen molar-refractivity contribution in [3.63, 3.8) is 0 Å². The number of pyridine rings is 1. The van der Waals surface area contributed by atoms with E-state index in [1.165, 1.54) is 0 Å². The van der Waals surface area contributed by atoms with E-state index in [-0.39, 0.29) is 17.9 Å². The largest absolute Gasteiger partial charge is 0.489 e. The fraction of sp³-hybridized carbons (Fsp3) is 0.625. The second kappa shape index (κ2) is 6.73. The van der Waals surface area contributed by atoms with Gasteiger partial charge in [0.15, 0.2) is 0 Å². The molecule has 1 saturated carbocycles. The molecule has 0 aromatic carbocycles. The number of carbonyl (C=O) groups is 1. The van der Waals surface area contributed by atoms with Crippen LogP contribution in [0.5, 0.6) is 5.75 Å². The minimum absolute atomic E-state index is 0.0539. The van der Waals surface area contributed by atoms with Crippen LogP contribution in [0.2, 0.25) is 0 Å². The maximum Gasteiger partial charge on any atom is 0.307 e. The van der Waals surface area contributed by atoms with Crippen LogP contribution in [0.3, 0.4) is 0 Å². The quantitative estimate of drug-likeness (QED) is 0.854. The Morgan fingerprint density at radius 2 is 2.05 bits per heavy atom. The van der Waals surface area contributed by atoms with E-state index in [1.54, 1.807) is 12.4 Å². The zero-order valence-corrected chi connectivity index (χ0v) is 12.2. The monoisotopic (exact) mass is 277 g/mol. The molecule has 1 heterocycles. The van der Waals surface area contributed by atoms with Crippen LogP contribution in [0.1, 0.15) is 57.4 Å². The highest BCUT2D eigenvalue weighted by molar-refractivity contribution is 5.71. The maximum absolute atomic E-state index is 11.5. The van der Waals surface area contributed by atoms with Crippen LogP contribution in [-0.4, -0.2) is 22.2 Å². The minimum Gasteiger partial charge on any atom is -0.489 e. The number of aromatic nitrogens is 1. The summed E-state index contributed by atoms with van der Waals surface area (Å²) in [5.41, 5.74) is 0.998. The topological polar surface area (TPSA) is 59.4 Å². The summed E-state index contributed by atoms with van der Waals surface area (Å²) >= 11 is 0. The van der Waals surface area contributed by atoms with Gasteiger partial charge in [-0.2, -0.15) is 0 Å². The molecule has 0 spiro atoms. The molecule has 1 aliphatic rings. The van der Waals surface area contributed by atoms with Gasteiger partial charge in [-0.1, -0.05) is 19.3 Å². The summed E-state index contributed by atoms with van der Waals surface area (Å²) in [4.78, 5) is 15.7. The van der Waals surface area contributed by atoms with Gasteiger partial charge in [-0.15, -0.1) is 0 Å². The first-order valence-electron chi connectivity index (χ1n) is 7.42. The van der Waals surface area contributed by atoms with Gasteiger partial charge >= 0.3 is 5.97 Å². The lowest BCUT2D eigenvalue weighted by molar-refractivity contribution is -0.142. The molecule has 20 heavy (non-hydrogen) atoms. The molecule has 0 saturated heterocycles. The van der Waals surface area contributed by atoms with Crippen LogP contribution < -0.4 is 4.74 Å². The second-order valence-electron chi connectivity index (χ2n) is 5.81. The van der Waals surface area contributed by atoms with E-state index in [9.17, 15) is 9.90 Å². The highest BCUT2D eigenvalue weighted by Gasteiger charge is 2.31. The summed E-state index contributed by atoms with van der Waals surface area (Å²) in [6.45, 7) is 3.94. The molecule has 1 N–H and O–H groups in total. The van der Waals surface area contributed by atoms with Crippen LogP contribution >= 0.6 is 0 Å². The average Bonchev–Trinajstić information content (AvgIpc) is 2.63. The van der Waals surface area contributed by atoms with Crippen LogP contribution in [0.15, 0.2) is 18.5 Å². The molecule has 1 aromatic rings. The van der Waals surface area contributed by atoms with Gasteiger partial charge < -0.3 is 9.84 Å². The lowest BCUT2D eigenvalue weighted by atomic mass is 9.83. The number of carboxylic acid groups (broad SMARTS) is 1. The van der Waals surface area contributed by atoms with Gasteiger partial charge in [0.05, 0.1) is 18.2 Å². The number of carboxylic acids is 1. The number of aliphatic carboxylic acids is 1. The standard InChI is InChI=1S/C16H23NO3/c1-11(2)20-13-8-12(9-17-10-13)14-6-4-3-5-7-15(14)16(18)19/h8-11,14-15H,3-7H2,1-2H3,(H,18,19). The third-order valence-electron chi connectivity index (χ3n) is 3.87. The molecule has 2 unspecified atom stereocenters. The highest BCUT2D eigenvalue weighted by atomic mass is 16.5. The van der Waals surface area contributed by atoms with Gasteiger partial charge in [-0.25, -0.2) is 0 Å². The van der Waals surface area contributed by atoms with Crippen LogP contribution in [0, 0.1) is 5.92 Å². The summed E-state index contributed by atoms with van der Waals surface area (Å²) < 4.78 is 5.66. The Labute approximate surface area is 120 Å². The van der Waals surface area contributed by atoms with E-state index in [0.29, 0.717) is 0 Å². The zero-order valence-electron chi connectivity index (χ0n) is 12.2. The van der Waals surface area contributed by atoms with Crippen molar-refractivity contribution in [2.24, 2.45) is 5.92 Å². The molecule has 0 bridgehead atoms. The summed E-state index contributed by atoms with van der Waals surface area (Å²) in [6, 6.07) is 1.96. The van der Waals surface area contributed by atoms with Crippen LogP contribution in [0.4, 0.5) is 0 Å². The minimum atomic E-state index is -0.688. The first-order chi connectivity index (χ1) is 9.58. The van der Waals surface area contributed by atoms with Crippen molar-refractivity contribution in [3.05, 3.63) is 24.0 Å². The van der Waals surface area contributed by atoms with Crippen molar-refractivity contribution in [2.45, 2.75) is 58.0 Å². The summed E-state index contributed by atoms with van der Waals surface area (Å²) in [5.74, 6) is -0.204. The van der Waals surface area contributed by atoms with Gasteiger partial charge in [0.25, 0.3) is 0 Å². The fourth-order valence-electron chi connectivity index (χ4n) is 2.98. The lowest BCUT2D eigenvalue weighted by Crippen LogP contribution is -2.21. The van der Waals surface area contributed by atoms with Crippen LogP contribution in [0.25, 0.3) is 0 Å². The Morgan fingerprint density at radius 3 is 2.75 bits per heavy atom. The summed E-state index contributed by atoms with van der Waals surface area (Å²) in [6.07, 6.45) is 8.47. The van der Waals surface area contributed by atoms with E-state index in [4.69, 9.17) is 4.74 Å². The molecule has 1 aromatic heterocycles. The summed E-state index contributed by atoms with van der Waals surface area (Å²) in [5, 5.41) is 9.46. The van der Waals surface area contributed by atoms with E-state index >= 15 is 0 Å². The SMILES string of the molecule is CC(C)Oc1cncc(C2CCCCCC2C(=O)O)c1. The highest BCUT2D eigenvalue weighted by Crippen LogP contribution is 2.37. The van der Waals surface area contributed by atoms with Gasteiger partial charge in [0.1, 0.15) is 5.75 Å². The lowest BCUT2D eigenvalue weighted by Gasteiger charge is -2.22. The first kappa shape index (κ1) is 14.8. The molecule has 1 aliphatic carbocycles. The number of ether oxygens (including phenoxy) is 1. The molecule has 0 amide bonds. The molecule has 0 radical (unpaired) electrons. The Bertz CT molecular complexity index is 459. The van der Waals surface area contributed by atoms with E-state index in [1.807, 2.05) is 19.9 Å². The second-order valence-corrected chi connectivity index (χ2v) is 5.81. The predicted molar refractivity (Wildman–Crippen MR) is 77.0 cm³/mol. The normalized spacial score (nSPS) is 23.4.